The molecular weight excluding hydrogens is 707 g/mol. The van der Waals surface area contributed by atoms with Crippen LogP contribution in [0.2, 0.25) is 0 Å². The van der Waals surface area contributed by atoms with Crippen LogP contribution in [0.3, 0.4) is 0 Å². The Morgan fingerprint density at radius 1 is 0.466 bits per heavy atom. The molecule has 0 amide bonds. The normalized spacial score (nSPS) is 12.1. The third-order valence-electron chi connectivity index (χ3n) is 10.9. The summed E-state index contributed by atoms with van der Waals surface area (Å²) < 4.78 is 6.82. The van der Waals surface area contributed by atoms with Crippen LogP contribution in [0.5, 0.6) is 0 Å². The van der Waals surface area contributed by atoms with E-state index in [4.69, 9.17) is 14.4 Å². The molecule has 9 aromatic carbocycles. The number of amidine groups is 2. The van der Waals surface area contributed by atoms with E-state index in [-0.39, 0.29) is 0 Å². The monoisotopic (exact) mass is 743 g/mol. The molecule has 0 saturated carbocycles. The third kappa shape index (κ3) is 6.47. The lowest BCUT2D eigenvalue weighted by Crippen LogP contribution is -2.06. The minimum atomic E-state index is 0.465. The van der Waals surface area contributed by atoms with Crippen molar-refractivity contribution in [3.8, 4) is 33.4 Å². The van der Waals surface area contributed by atoms with Gasteiger partial charge in [0.05, 0.1) is 6.54 Å². The number of benzene rings is 9. The maximum absolute atomic E-state index is 6.82. The highest BCUT2D eigenvalue weighted by Crippen LogP contribution is 2.42. The van der Waals surface area contributed by atoms with Crippen molar-refractivity contribution in [2.45, 2.75) is 6.54 Å². The van der Waals surface area contributed by atoms with Crippen LogP contribution in [0.15, 0.2) is 220 Å². The average Bonchev–Trinajstić information content (AvgIpc) is 3.69. The van der Waals surface area contributed by atoms with Gasteiger partial charge in [-0.05, 0) is 79.8 Å². The first-order chi connectivity index (χ1) is 28.7. The van der Waals surface area contributed by atoms with E-state index in [1.54, 1.807) is 0 Å². The average molecular weight is 744 g/mol. The molecule has 0 saturated heterocycles. The first-order valence-corrected chi connectivity index (χ1v) is 19.5. The zero-order chi connectivity index (χ0) is 38.8. The van der Waals surface area contributed by atoms with Gasteiger partial charge >= 0.3 is 0 Å². The molecule has 0 bridgehead atoms. The van der Waals surface area contributed by atoms with E-state index >= 15 is 0 Å². The Labute approximate surface area is 336 Å². The van der Waals surface area contributed by atoms with Crippen LogP contribution in [-0.2, 0) is 6.54 Å². The maximum Gasteiger partial charge on any atom is 0.161 e. The lowest BCUT2D eigenvalue weighted by atomic mass is 9.90. The van der Waals surface area contributed by atoms with Crippen LogP contribution in [0, 0.1) is 0 Å². The molecule has 0 unspecified atom stereocenters. The number of fused-ring (bicyclic) bond motifs is 6. The number of aliphatic imine (C=N–C) groups is 3. The Morgan fingerprint density at radius 2 is 1.14 bits per heavy atom. The van der Waals surface area contributed by atoms with E-state index in [0.29, 0.717) is 18.2 Å². The molecule has 0 aliphatic carbocycles. The first kappa shape index (κ1) is 34.8. The molecule has 58 heavy (non-hydrogen) atoms. The van der Waals surface area contributed by atoms with Crippen LogP contribution in [-0.4, -0.2) is 18.4 Å². The molecule has 4 heteroatoms. The maximum atomic E-state index is 6.82. The molecule has 0 radical (unpaired) electrons. The summed E-state index contributed by atoms with van der Waals surface area (Å²) in [6, 6.07) is 69.7. The summed E-state index contributed by atoms with van der Waals surface area (Å²) in [5.41, 5.74) is 11.1. The van der Waals surface area contributed by atoms with E-state index in [0.717, 1.165) is 77.2 Å². The van der Waals surface area contributed by atoms with Crippen molar-refractivity contribution in [1.29, 1.82) is 0 Å². The summed E-state index contributed by atoms with van der Waals surface area (Å²) in [4.78, 5) is 15.0. The quantitative estimate of drug-likeness (QED) is 0.0911. The van der Waals surface area contributed by atoms with Crippen LogP contribution >= 0.6 is 0 Å². The van der Waals surface area contributed by atoms with Crippen molar-refractivity contribution in [2.24, 2.45) is 15.0 Å². The molecule has 10 rings (SSSR count). The van der Waals surface area contributed by atoms with Gasteiger partial charge in [-0.15, -0.1) is 0 Å². The van der Waals surface area contributed by atoms with E-state index < -0.39 is 0 Å². The fraction of sp³-hybridized carbons (Fsp3) is 0.0185. The Balaban J connectivity index is 1.14. The van der Waals surface area contributed by atoms with Gasteiger partial charge in [-0.25, -0.2) is 9.98 Å². The smallest absolute Gasteiger partial charge is 0.161 e. The highest BCUT2D eigenvalue weighted by molar-refractivity contribution is 6.23. The summed E-state index contributed by atoms with van der Waals surface area (Å²) >= 11 is 0. The van der Waals surface area contributed by atoms with Crippen LogP contribution < -0.4 is 0 Å². The van der Waals surface area contributed by atoms with E-state index in [1.807, 2.05) is 42.5 Å². The molecule has 0 spiro atoms. The fourth-order valence-electron chi connectivity index (χ4n) is 8.06. The predicted molar refractivity (Wildman–Crippen MR) is 244 cm³/mol. The summed E-state index contributed by atoms with van der Waals surface area (Å²) in [6.07, 6.45) is 0. The summed E-state index contributed by atoms with van der Waals surface area (Å²) in [7, 11) is 0. The molecule has 4 nitrogen and oxygen atoms in total. The van der Waals surface area contributed by atoms with Crippen LogP contribution in [0.4, 0.5) is 0 Å². The molecular formula is C54H37N3O. The first-order valence-electron chi connectivity index (χ1n) is 19.5. The Morgan fingerprint density at radius 3 is 1.93 bits per heavy atom. The molecule has 274 valence electrons. The summed E-state index contributed by atoms with van der Waals surface area (Å²) in [6.45, 7) is 4.51. The molecule has 0 aliphatic heterocycles. The SMILES string of the molecule is C=N/C(=N\C(=N/Cc1ccccc1)c1ccc2ccc3ccccc3c2c1)c1cccc2oc3c(-c4ccc(-c5ccccc5)cc4-c4ccccc4)cccc3c12. The van der Waals surface area contributed by atoms with Gasteiger partial charge < -0.3 is 4.42 Å². The largest absolute Gasteiger partial charge is 0.455 e. The number of para-hydroxylation sites is 1. The van der Waals surface area contributed by atoms with E-state index in [2.05, 4.69) is 169 Å². The van der Waals surface area contributed by atoms with E-state index in [1.165, 1.54) is 16.3 Å². The van der Waals surface area contributed by atoms with Crippen LogP contribution in [0.1, 0.15) is 16.7 Å². The number of hydrogen-bond donors (Lipinski definition) is 0. The zero-order valence-corrected chi connectivity index (χ0v) is 31.7. The minimum absolute atomic E-state index is 0.465. The van der Waals surface area contributed by atoms with Gasteiger partial charge in [0.2, 0.25) is 0 Å². The van der Waals surface area contributed by atoms with Gasteiger partial charge in [-0.2, -0.15) is 0 Å². The van der Waals surface area contributed by atoms with Gasteiger partial charge in [-0.1, -0.05) is 182 Å². The number of nitrogens with zero attached hydrogens (tertiary/aromatic N) is 3. The molecule has 0 atom stereocenters. The summed E-state index contributed by atoms with van der Waals surface area (Å²) in [5.74, 6) is 1.05. The van der Waals surface area contributed by atoms with Gasteiger partial charge in [0.25, 0.3) is 0 Å². The fourth-order valence-corrected chi connectivity index (χ4v) is 8.06. The third-order valence-corrected chi connectivity index (χ3v) is 10.9. The highest BCUT2D eigenvalue weighted by Gasteiger charge is 2.20. The van der Waals surface area contributed by atoms with Crippen molar-refractivity contribution in [3.63, 3.8) is 0 Å². The Hall–Kier alpha value is -7.69. The predicted octanol–water partition coefficient (Wildman–Crippen LogP) is 14.0. The van der Waals surface area contributed by atoms with Crippen molar-refractivity contribution < 1.29 is 4.42 Å². The zero-order valence-electron chi connectivity index (χ0n) is 31.7. The van der Waals surface area contributed by atoms with Crippen molar-refractivity contribution >= 4 is 61.9 Å². The van der Waals surface area contributed by atoms with Gasteiger partial charge in [0.15, 0.2) is 11.7 Å². The number of furan rings is 1. The van der Waals surface area contributed by atoms with Crippen LogP contribution in [0.25, 0.3) is 76.9 Å². The minimum Gasteiger partial charge on any atom is -0.455 e. The van der Waals surface area contributed by atoms with Gasteiger partial charge in [-0.3, -0.25) is 4.99 Å². The van der Waals surface area contributed by atoms with Crippen molar-refractivity contribution in [1.82, 2.24) is 0 Å². The molecule has 1 aromatic heterocycles. The lowest BCUT2D eigenvalue weighted by Gasteiger charge is -2.13. The Bertz CT molecular complexity index is 3200. The topological polar surface area (TPSA) is 50.2 Å². The Kier molecular flexibility index (Phi) is 9.05. The summed E-state index contributed by atoms with van der Waals surface area (Å²) in [5, 5.41) is 6.59. The van der Waals surface area contributed by atoms with Crippen molar-refractivity contribution in [3.05, 3.63) is 217 Å². The molecule has 0 aliphatic rings. The molecule has 0 fully saturated rings. The van der Waals surface area contributed by atoms with Gasteiger partial charge in [0, 0.05) is 27.5 Å². The number of rotatable bonds is 7. The standard InChI is InChI=1S/C54H37N3O/c1-55-54(57-53(56-35-36-15-5-2-6-16-36)42-30-29-40-28-27-39-21-11-12-22-43(39)48(40)34-42)47-25-14-26-50-51(47)46-24-13-23-45(52(46)58-50)44-32-31-41(37-17-7-3-8-18-37)33-49(44)38-19-9-4-10-20-38/h2-34H,1,35H2/b56-53-,57-54-. The number of hydrogen-bond acceptors (Lipinski definition) is 2. The second-order valence-electron chi connectivity index (χ2n) is 14.4. The second-order valence-corrected chi connectivity index (χ2v) is 14.4. The molecule has 10 aromatic rings. The molecule has 0 N–H and O–H groups in total. The van der Waals surface area contributed by atoms with E-state index in [9.17, 15) is 0 Å². The molecule has 1 heterocycles. The lowest BCUT2D eigenvalue weighted by molar-refractivity contribution is 0.670. The van der Waals surface area contributed by atoms with Gasteiger partial charge in [0.1, 0.15) is 11.2 Å². The highest BCUT2D eigenvalue weighted by atomic mass is 16.3. The second kappa shape index (κ2) is 15.1. The van der Waals surface area contributed by atoms with Crippen molar-refractivity contribution in [2.75, 3.05) is 0 Å².